The summed E-state index contributed by atoms with van der Waals surface area (Å²) in [6, 6.07) is 7.87. The van der Waals surface area contributed by atoms with E-state index in [1.807, 2.05) is 52.0 Å². The van der Waals surface area contributed by atoms with Crippen molar-refractivity contribution in [3.8, 4) is 10.4 Å². The summed E-state index contributed by atoms with van der Waals surface area (Å²) < 4.78 is 5.35. The molecular formula is C21H28ClN3O2S. The van der Waals surface area contributed by atoms with Crippen LogP contribution in [0.2, 0.25) is 5.02 Å². The number of alkyl carbamates (subject to hydrolysis) is 1. The summed E-state index contributed by atoms with van der Waals surface area (Å²) in [5.41, 5.74) is 1.52. The average molecular weight is 422 g/mol. The lowest BCUT2D eigenvalue weighted by Gasteiger charge is -2.26. The van der Waals surface area contributed by atoms with E-state index < -0.39 is 5.60 Å². The molecule has 0 spiro atoms. The molecule has 1 fully saturated rings. The Morgan fingerprint density at radius 2 is 2.11 bits per heavy atom. The molecule has 2 aromatic rings. The third-order valence-electron chi connectivity index (χ3n) is 4.79. The molecule has 1 unspecified atom stereocenters. The van der Waals surface area contributed by atoms with Gasteiger partial charge in [-0.3, -0.25) is 0 Å². The molecule has 1 saturated heterocycles. The van der Waals surface area contributed by atoms with E-state index in [1.54, 1.807) is 11.3 Å². The molecular weight excluding hydrogens is 394 g/mol. The summed E-state index contributed by atoms with van der Waals surface area (Å²) in [5, 5.41) is 4.67. The summed E-state index contributed by atoms with van der Waals surface area (Å²) >= 11 is 8.05. The third-order valence-corrected chi connectivity index (χ3v) is 6.37. The molecule has 5 nitrogen and oxygen atoms in total. The Balaban J connectivity index is 1.66. The second-order valence-electron chi connectivity index (χ2n) is 8.73. The number of thiazole rings is 1. The van der Waals surface area contributed by atoms with Crippen LogP contribution in [0.25, 0.3) is 10.4 Å². The Hall–Kier alpha value is -1.79. The Kier molecular flexibility index (Phi) is 5.92. The molecule has 1 aliphatic heterocycles. The molecule has 1 amide bonds. The number of amides is 1. The van der Waals surface area contributed by atoms with Crippen LogP contribution in [-0.4, -0.2) is 36.3 Å². The van der Waals surface area contributed by atoms with Crippen molar-refractivity contribution < 1.29 is 9.53 Å². The van der Waals surface area contributed by atoms with E-state index >= 15 is 0 Å². The summed E-state index contributed by atoms with van der Waals surface area (Å²) in [6.07, 6.45) is 0.626. The zero-order valence-corrected chi connectivity index (χ0v) is 18.7. The van der Waals surface area contributed by atoms with Crippen molar-refractivity contribution in [3.63, 3.8) is 0 Å². The van der Waals surface area contributed by atoms with E-state index in [4.69, 9.17) is 21.3 Å². The summed E-state index contributed by atoms with van der Waals surface area (Å²) in [4.78, 5) is 20.2. The molecule has 3 rings (SSSR count). The predicted molar refractivity (Wildman–Crippen MR) is 116 cm³/mol. The number of benzene rings is 1. The predicted octanol–water partition coefficient (Wildman–Crippen LogP) is 5.51. The van der Waals surface area contributed by atoms with Gasteiger partial charge in [0, 0.05) is 35.6 Å². The normalized spacial score (nSPS) is 19.7. The van der Waals surface area contributed by atoms with Crippen LogP contribution in [0.3, 0.4) is 0 Å². The Bertz CT molecular complexity index is 862. The van der Waals surface area contributed by atoms with Gasteiger partial charge in [-0.25, -0.2) is 9.78 Å². The van der Waals surface area contributed by atoms with Crippen LogP contribution in [-0.2, 0) is 4.74 Å². The molecule has 0 bridgehead atoms. The van der Waals surface area contributed by atoms with Crippen molar-refractivity contribution in [1.82, 2.24) is 10.3 Å². The van der Waals surface area contributed by atoms with Crippen molar-refractivity contribution >= 4 is 34.2 Å². The largest absolute Gasteiger partial charge is 0.444 e. The van der Waals surface area contributed by atoms with Gasteiger partial charge in [-0.15, -0.1) is 0 Å². The molecule has 1 atom stereocenters. The zero-order chi connectivity index (χ0) is 20.5. The highest BCUT2D eigenvalue weighted by molar-refractivity contribution is 7.19. The van der Waals surface area contributed by atoms with Crippen LogP contribution in [0.5, 0.6) is 0 Å². The fraction of sp³-hybridized carbons (Fsp3) is 0.524. The van der Waals surface area contributed by atoms with Gasteiger partial charge >= 0.3 is 6.09 Å². The van der Waals surface area contributed by atoms with E-state index in [9.17, 15) is 4.79 Å². The van der Waals surface area contributed by atoms with E-state index in [-0.39, 0.29) is 11.5 Å². The minimum absolute atomic E-state index is 0.0129. The molecule has 152 valence electrons. The molecule has 1 aliphatic rings. The van der Waals surface area contributed by atoms with Crippen molar-refractivity contribution in [2.24, 2.45) is 5.41 Å². The number of ether oxygens (including phenoxy) is 1. The van der Waals surface area contributed by atoms with Gasteiger partial charge in [0.15, 0.2) is 5.13 Å². The van der Waals surface area contributed by atoms with Gasteiger partial charge in [-0.05, 0) is 40.2 Å². The van der Waals surface area contributed by atoms with Gasteiger partial charge in [0.25, 0.3) is 0 Å². The monoisotopic (exact) mass is 421 g/mol. The van der Waals surface area contributed by atoms with Gasteiger partial charge in [0.1, 0.15) is 5.60 Å². The fourth-order valence-corrected chi connectivity index (χ4v) is 4.76. The lowest BCUT2D eigenvalue weighted by molar-refractivity contribution is 0.0507. The number of hydrogen-bond acceptors (Lipinski definition) is 5. The van der Waals surface area contributed by atoms with E-state index in [2.05, 4.69) is 17.1 Å². The number of aromatic nitrogens is 1. The molecule has 1 N–H and O–H groups in total. The molecule has 0 saturated carbocycles. The fourth-order valence-electron chi connectivity index (χ4n) is 3.34. The summed E-state index contributed by atoms with van der Waals surface area (Å²) in [5.74, 6) is 0. The molecule has 0 radical (unpaired) electrons. The first-order valence-corrected chi connectivity index (χ1v) is 10.7. The van der Waals surface area contributed by atoms with Crippen LogP contribution >= 0.6 is 22.9 Å². The molecule has 1 aromatic heterocycles. The maximum absolute atomic E-state index is 12.0. The van der Waals surface area contributed by atoms with Gasteiger partial charge in [0.05, 0.1) is 10.6 Å². The van der Waals surface area contributed by atoms with Crippen molar-refractivity contribution in [2.75, 3.05) is 24.5 Å². The second-order valence-corrected chi connectivity index (χ2v) is 10.1. The van der Waals surface area contributed by atoms with E-state index in [1.165, 1.54) is 0 Å². The molecule has 1 aromatic carbocycles. The third kappa shape index (κ3) is 4.97. The number of halogens is 1. The van der Waals surface area contributed by atoms with Crippen molar-refractivity contribution in [3.05, 3.63) is 35.0 Å². The molecule has 7 heteroatoms. The number of anilines is 1. The van der Waals surface area contributed by atoms with Crippen LogP contribution in [0.4, 0.5) is 9.93 Å². The zero-order valence-electron chi connectivity index (χ0n) is 17.1. The number of rotatable bonds is 4. The SMILES string of the molecule is Cc1nc(N2CCC(C)(CNC(=O)OC(C)(C)C)C2)sc1-c1ccccc1Cl. The van der Waals surface area contributed by atoms with E-state index in [0.717, 1.165) is 45.8 Å². The van der Waals surface area contributed by atoms with Crippen molar-refractivity contribution in [1.29, 1.82) is 0 Å². The van der Waals surface area contributed by atoms with E-state index in [0.29, 0.717) is 6.54 Å². The van der Waals surface area contributed by atoms with Gasteiger partial charge in [-0.2, -0.15) is 0 Å². The topological polar surface area (TPSA) is 54.5 Å². The summed E-state index contributed by atoms with van der Waals surface area (Å²) in [7, 11) is 0. The van der Waals surface area contributed by atoms with Gasteiger partial charge in [0.2, 0.25) is 0 Å². The van der Waals surface area contributed by atoms with Crippen LogP contribution < -0.4 is 10.2 Å². The minimum atomic E-state index is -0.486. The first-order valence-electron chi connectivity index (χ1n) is 9.50. The number of carbonyl (C=O) groups is 1. The smallest absolute Gasteiger partial charge is 0.407 e. The van der Waals surface area contributed by atoms with Crippen LogP contribution in [0.1, 0.15) is 39.8 Å². The van der Waals surface area contributed by atoms with Crippen LogP contribution in [0.15, 0.2) is 24.3 Å². The lowest BCUT2D eigenvalue weighted by Crippen LogP contribution is -2.40. The number of nitrogens with zero attached hydrogens (tertiary/aromatic N) is 2. The average Bonchev–Trinajstić information content (AvgIpc) is 3.16. The number of nitrogens with one attached hydrogen (secondary N) is 1. The lowest BCUT2D eigenvalue weighted by atomic mass is 9.90. The van der Waals surface area contributed by atoms with Crippen molar-refractivity contribution in [2.45, 2.75) is 46.6 Å². The standard InChI is InChI=1S/C21H28ClN3O2S/c1-14-17(15-8-6-7-9-16(15)22)28-18(24-14)25-11-10-21(5,13-25)12-23-19(26)27-20(2,3)4/h6-9H,10-13H2,1-5H3,(H,23,26). The Morgan fingerprint density at radius 1 is 1.39 bits per heavy atom. The minimum Gasteiger partial charge on any atom is -0.444 e. The number of hydrogen-bond donors (Lipinski definition) is 1. The highest BCUT2D eigenvalue weighted by Gasteiger charge is 2.36. The first kappa shape index (κ1) is 20.9. The Labute approximate surface area is 176 Å². The number of carbonyl (C=O) groups excluding carboxylic acids is 1. The number of aryl methyl sites for hydroxylation is 1. The first-order chi connectivity index (χ1) is 13.1. The second kappa shape index (κ2) is 7.91. The molecule has 0 aliphatic carbocycles. The highest BCUT2D eigenvalue weighted by atomic mass is 35.5. The maximum Gasteiger partial charge on any atom is 0.407 e. The van der Waals surface area contributed by atoms with Gasteiger partial charge in [-0.1, -0.05) is 48.1 Å². The quantitative estimate of drug-likeness (QED) is 0.706. The molecule has 28 heavy (non-hydrogen) atoms. The van der Waals surface area contributed by atoms with Gasteiger partial charge < -0.3 is 15.0 Å². The highest BCUT2D eigenvalue weighted by Crippen LogP contribution is 2.41. The van der Waals surface area contributed by atoms with Crippen LogP contribution in [0, 0.1) is 12.3 Å². The maximum atomic E-state index is 12.0. The molecule has 2 heterocycles. The Morgan fingerprint density at radius 3 is 2.79 bits per heavy atom. The summed E-state index contributed by atoms with van der Waals surface area (Å²) in [6.45, 7) is 12.2.